The number of aliphatic hydroxyl groups is 2. The molecule has 176 valence electrons. The van der Waals surface area contributed by atoms with Crippen LogP contribution in [-0.2, 0) is 20.6 Å². The number of hydrogen-bond acceptors (Lipinski definition) is 7. The average molecular weight is 457 g/mol. The number of imidazole rings is 1. The number of carbonyl (C=O) groups is 1. The maximum atomic E-state index is 13.3. The Morgan fingerprint density at radius 3 is 2.48 bits per heavy atom. The standard InChI is InChI=1S/C22H28N6O5/c1-22(33)8-15(29)10-27(19(30)14-6-4-13(9-23)5-7-14)11-16(22)28-12-24-18-17(28)20(31)26(3)21(32)25(18)2/h4-7,12,15-16,29,33H,8-11,23H2,1-3H3/t15-,16+,22+/m0/s1. The predicted octanol–water partition coefficient (Wildman–Crippen LogP) is -0.908. The highest BCUT2D eigenvalue weighted by Gasteiger charge is 2.42. The second-order valence-electron chi connectivity index (χ2n) is 8.87. The molecular weight excluding hydrogens is 428 g/mol. The molecule has 1 saturated heterocycles. The molecule has 1 aromatic carbocycles. The summed E-state index contributed by atoms with van der Waals surface area (Å²) in [4.78, 5) is 44.2. The molecule has 1 amide bonds. The van der Waals surface area contributed by atoms with E-state index in [0.717, 1.165) is 10.1 Å². The molecule has 4 N–H and O–H groups in total. The van der Waals surface area contributed by atoms with Crippen LogP contribution in [0.15, 0.2) is 40.2 Å². The zero-order valence-corrected chi connectivity index (χ0v) is 18.8. The van der Waals surface area contributed by atoms with Crippen molar-refractivity contribution in [3.8, 4) is 0 Å². The maximum absolute atomic E-state index is 13.3. The van der Waals surface area contributed by atoms with Gasteiger partial charge >= 0.3 is 5.69 Å². The molecular formula is C22H28N6O5. The van der Waals surface area contributed by atoms with Gasteiger partial charge in [0.25, 0.3) is 11.5 Å². The number of carbonyl (C=O) groups excluding carboxylic acids is 1. The minimum atomic E-state index is -1.47. The molecule has 4 rings (SSSR count). The van der Waals surface area contributed by atoms with Gasteiger partial charge in [-0.25, -0.2) is 9.78 Å². The number of nitrogens with two attached hydrogens (primary N) is 1. The number of fused-ring (bicyclic) bond motifs is 1. The predicted molar refractivity (Wildman–Crippen MR) is 121 cm³/mol. The van der Waals surface area contributed by atoms with Gasteiger partial charge in [-0.05, 0) is 24.6 Å². The molecule has 0 bridgehead atoms. The molecule has 11 heteroatoms. The Kier molecular flexibility index (Phi) is 5.72. The quantitative estimate of drug-likeness (QED) is 0.462. The number of aryl methyl sites for hydroxylation is 1. The van der Waals surface area contributed by atoms with E-state index < -0.39 is 29.0 Å². The van der Waals surface area contributed by atoms with Gasteiger partial charge in [0.05, 0.1) is 24.1 Å². The minimum absolute atomic E-state index is 0.0146. The molecule has 0 aliphatic carbocycles. The number of hydrogen-bond donors (Lipinski definition) is 3. The maximum Gasteiger partial charge on any atom is 0.332 e. The second-order valence-corrected chi connectivity index (χ2v) is 8.87. The van der Waals surface area contributed by atoms with E-state index in [1.54, 1.807) is 31.2 Å². The SMILES string of the molecule is Cn1c(=O)c2c(ncn2[C@@H]2CN(C(=O)c3ccc(CN)cc3)C[C@@H](O)C[C@@]2(C)O)n(C)c1=O. The molecule has 0 saturated carbocycles. The first-order valence-corrected chi connectivity index (χ1v) is 10.7. The number of rotatable bonds is 3. The fourth-order valence-electron chi connectivity index (χ4n) is 4.53. The molecule has 1 fully saturated rings. The Morgan fingerprint density at radius 1 is 1.18 bits per heavy atom. The van der Waals surface area contributed by atoms with Gasteiger partial charge in [0.15, 0.2) is 11.2 Å². The van der Waals surface area contributed by atoms with Crippen molar-refractivity contribution in [3.05, 3.63) is 62.6 Å². The number of aromatic nitrogens is 4. The highest BCUT2D eigenvalue weighted by Crippen LogP contribution is 2.33. The smallest absolute Gasteiger partial charge is 0.332 e. The first-order valence-electron chi connectivity index (χ1n) is 10.7. The first kappa shape index (κ1) is 22.9. The van der Waals surface area contributed by atoms with Crippen molar-refractivity contribution in [2.75, 3.05) is 13.1 Å². The van der Waals surface area contributed by atoms with Crippen LogP contribution in [0.1, 0.15) is 35.3 Å². The number of nitrogens with zero attached hydrogens (tertiary/aromatic N) is 5. The zero-order chi connectivity index (χ0) is 24.1. The van der Waals surface area contributed by atoms with E-state index in [9.17, 15) is 24.6 Å². The van der Waals surface area contributed by atoms with Crippen molar-refractivity contribution in [2.24, 2.45) is 19.8 Å². The van der Waals surface area contributed by atoms with Crippen LogP contribution in [0.2, 0.25) is 0 Å². The van der Waals surface area contributed by atoms with Gasteiger partial charge < -0.3 is 25.4 Å². The Labute approximate surface area is 189 Å². The van der Waals surface area contributed by atoms with Crippen LogP contribution in [0.5, 0.6) is 0 Å². The zero-order valence-electron chi connectivity index (χ0n) is 18.8. The highest BCUT2D eigenvalue weighted by molar-refractivity contribution is 5.94. The summed E-state index contributed by atoms with van der Waals surface area (Å²) >= 11 is 0. The van der Waals surface area contributed by atoms with Gasteiger partial charge in [-0.3, -0.25) is 18.7 Å². The molecule has 1 aliphatic heterocycles. The van der Waals surface area contributed by atoms with E-state index in [1.807, 2.05) is 0 Å². The van der Waals surface area contributed by atoms with Gasteiger partial charge in [-0.1, -0.05) is 12.1 Å². The molecule has 2 aromatic heterocycles. The van der Waals surface area contributed by atoms with Crippen LogP contribution in [0, 0.1) is 0 Å². The van der Waals surface area contributed by atoms with Crippen molar-refractivity contribution < 1.29 is 15.0 Å². The summed E-state index contributed by atoms with van der Waals surface area (Å²) in [5.74, 6) is -0.315. The van der Waals surface area contributed by atoms with Crippen molar-refractivity contribution >= 4 is 17.1 Å². The summed E-state index contributed by atoms with van der Waals surface area (Å²) < 4.78 is 3.74. The summed E-state index contributed by atoms with van der Waals surface area (Å²) in [5.41, 5.74) is 4.73. The van der Waals surface area contributed by atoms with Crippen LogP contribution in [0.3, 0.4) is 0 Å². The summed E-state index contributed by atoms with van der Waals surface area (Å²) in [6.07, 6.45) is 0.402. The fourth-order valence-corrected chi connectivity index (χ4v) is 4.53. The van der Waals surface area contributed by atoms with Crippen LogP contribution in [0.25, 0.3) is 11.2 Å². The average Bonchev–Trinajstić information content (AvgIpc) is 3.17. The van der Waals surface area contributed by atoms with Crippen LogP contribution < -0.4 is 17.0 Å². The van der Waals surface area contributed by atoms with Crippen molar-refractivity contribution in [3.63, 3.8) is 0 Å². The third-order valence-electron chi connectivity index (χ3n) is 6.42. The van der Waals surface area contributed by atoms with Gasteiger partial charge in [0.2, 0.25) is 0 Å². The summed E-state index contributed by atoms with van der Waals surface area (Å²) in [5, 5.41) is 21.9. The van der Waals surface area contributed by atoms with Crippen LogP contribution in [0.4, 0.5) is 0 Å². The molecule has 3 heterocycles. The summed E-state index contributed by atoms with van der Waals surface area (Å²) in [7, 11) is 2.88. The normalized spacial score (nSPS) is 23.6. The molecule has 33 heavy (non-hydrogen) atoms. The lowest BCUT2D eigenvalue weighted by atomic mass is 9.91. The van der Waals surface area contributed by atoms with E-state index in [2.05, 4.69) is 4.98 Å². The highest BCUT2D eigenvalue weighted by atomic mass is 16.3. The first-order chi connectivity index (χ1) is 15.5. The van der Waals surface area contributed by atoms with Gasteiger partial charge in [-0.2, -0.15) is 0 Å². The summed E-state index contributed by atoms with van der Waals surface area (Å²) in [6, 6.07) is 6.09. The Balaban J connectivity index is 1.81. The second kappa shape index (κ2) is 8.25. The monoisotopic (exact) mass is 456 g/mol. The van der Waals surface area contributed by atoms with E-state index in [0.29, 0.717) is 12.1 Å². The third kappa shape index (κ3) is 3.88. The van der Waals surface area contributed by atoms with Crippen molar-refractivity contribution in [1.82, 2.24) is 23.6 Å². The van der Waals surface area contributed by atoms with E-state index >= 15 is 0 Å². The lowest BCUT2D eigenvalue weighted by molar-refractivity contribution is -0.0216. The molecule has 0 spiro atoms. The Hall–Kier alpha value is -3.28. The Bertz CT molecular complexity index is 1320. The number of amides is 1. The number of β-amino-alcohol motifs (C(OH)–C–C–N with tert-alkyl or cyclic N) is 1. The van der Waals surface area contributed by atoms with Crippen molar-refractivity contribution in [1.29, 1.82) is 0 Å². The van der Waals surface area contributed by atoms with Crippen molar-refractivity contribution in [2.45, 2.75) is 37.6 Å². The number of benzene rings is 1. The Morgan fingerprint density at radius 2 is 1.85 bits per heavy atom. The van der Waals surface area contributed by atoms with Crippen LogP contribution >= 0.6 is 0 Å². The molecule has 3 aromatic rings. The summed E-state index contributed by atoms with van der Waals surface area (Å²) in [6.45, 7) is 1.96. The van der Waals surface area contributed by atoms with Gasteiger partial charge in [-0.15, -0.1) is 0 Å². The fraction of sp³-hybridized carbons (Fsp3) is 0.455. The largest absolute Gasteiger partial charge is 0.391 e. The van der Waals surface area contributed by atoms with Crippen LogP contribution in [-0.4, -0.2) is 64.5 Å². The molecule has 3 atom stereocenters. The van der Waals surface area contributed by atoms with Gasteiger partial charge in [0, 0.05) is 45.7 Å². The van der Waals surface area contributed by atoms with E-state index in [-0.39, 0.29) is 36.6 Å². The molecule has 11 nitrogen and oxygen atoms in total. The van der Waals surface area contributed by atoms with E-state index in [1.165, 1.54) is 34.5 Å². The lowest BCUT2D eigenvalue weighted by Crippen LogP contribution is -2.44. The van der Waals surface area contributed by atoms with E-state index in [4.69, 9.17) is 5.73 Å². The third-order valence-corrected chi connectivity index (χ3v) is 6.42. The number of likely N-dealkylation sites (tertiary alicyclic amines) is 1. The minimum Gasteiger partial charge on any atom is -0.391 e. The lowest BCUT2D eigenvalue weighted by Gasteiger charge is -2.34. The topological polar surface area (TPSA) is 149 Å². The number of aliphatic hydroxyl groups excluding tert-OH is 1. The molecule has 1 aliphatic rings. The molecule has 0 unspecified atom stereocenters. The van der Waals surface area contributed by atoms with Gasteiger partial charge in [0.1, 0.15) is 0 Å². The molecule has 0 radical (unpaired) electrons.